The number of esters is 1. The van der Waals surface area contributed by atoms with Crippen LogP contribution in [0.15, 0.2) is 24.3 Å². The molecular formula is C18H22ClN3O3. The van der Waals surface area contributed by atoms with Crippen LogP contribution in [0.1, 0.15) is 42.5 Å². The Kier molecular flexibility index (Phi) is 5.85. The van der Waals surface area contributed by atoms with Crippen LogP contribution in [0.2, 0.25) is 5.02 Å². The van der Waals surface area contributed by atoms with Gasteiger partial charge in [-0.05, 0) is 58.9 Å². The van der Waals surface area contributed by atoms with Gasteiger partial charge in [-0.1, -0.05) is 11.6 Å². The maximum absolute atomic E-state index is 12.2. The molecule has 0 aliphatic heterocycles. The van der Waals surface area contributed by atoms with Crippen LogP contribution in [0.3, 0.4) is 0 Å². The third-order valence-electron chi connectivity index (χ3n) is 3.63. The van der Waals surface area contributed by atoms with E-state index in [1.807, 2.05) is 27.7 Å². The van der Waals surface area contributed by atoms with Crippen LogP contribution in [0, 0.1) is 13.8 Å². The molecule has 0 unspecified atom stereocenters. The first-order valence-corrected chi connectivity index (χ1v) is 8.42. The molecule has 1 heterocycles. The molecule has 1 amide bonds. The van der Waals surface area contributed by atoms with E-state index >= 15 is 0 Å². The average Bonchev–Trinajstić information content (AvgIpc) is 2.81. The molecule has 0 bridgehead atoms. The van der Waals surface area contributed by atoms with Crippen LogP contribution in [0.25, 0.3) is 5.69 Å². The molecule has 6 nitrogen and oxygen atoms in total. The summed E-state index contributed by atoms with van der Waals surface area (Å²) in [7, 11) is 0. The number of aryl methyl sites for hydroxylation is 1. The summed E-state index contributed by atoms with van der Waals surface area (Å²) in [4.78, 5) is 24.0. The van der Waals surface area contributed by atoms with Crippen LogP contribution in [-0.4, -0.2) is 33.8 Å². The number of carbonyl (C=O) groups excluding carboxylic acids is 2. The minimum absolute atomic E-state index is 0.0134. The molecule has 0 spiro atoms. The van der Waals surface area contributed by atoms with Crippen molar-refractivity contribution < 1.29 is 14.3 Å². The maximum atomic E-state index is 12.2. The largest absolute Gasteiger partial charge is 0.449 e. The number of nitrogens with zero attached hydrogens (tertiary/aromatic N) is 2. The average molecular weight is 364 g/mol. The van der Waals surface area contributed by atoms with Crippen LogP contribution >= 0.6 is 11.6 Å². The van der Waals surface area contributed by atoms with Crippen LogP contribution < -0.4 is 5.32 Å². The highest BCUT2D eigenvalue weighted by molar-refractivity contribution is 6.31. The molecule has 1 aromatic heterocycles. The maximum Gasteiger partial charge on any atom is 0.338 e. The van der Waals surface area contributed by atoms with Gasteiger partial charge in [-0.2, -0.15) is 5.10 Å². The third-order valence-corrected chi connectivity index (χ3v) is 4.18. The lowest BCUT2D eigenvalue weighted by molar-refractivity contribution is -0.129. The van der Waals surface area contributed by atoms with Crippen molar-refractivity contribution >= 4 is 23.5 Å². The molecule has 1 atom stereocenters. The number of halogens is 1. The van der Waals surface area contributed by atoms with Crippen molar-refractivity contribution in [1.82, 2.24) is 15.1 Å². The number of nitrogens with one attached hydrogen (secondary N) is 1. The summed E-state index contributed by atoms with van der Waals surface area (Å²) in [6.07, 6.45) is -0.857. The van der Waals surface area contributed by atoms with Gasteiger partial charge >= 0.3 is 5.97 Å². The Morgan fingerprint density at radius 1 is 1.16 bits per heavy atom. The Bertz CT molecular complexity index is 782. The van der Waals surface area contributed by atoms with E-state index in [1.165, 1.54) is 0 Å². The minimum atomic E-state index is -0.857. The van der Waals surface area contributed by atoms with Gasteiger partial charge in [-0.25, -0.2) is 9.48 Å². The number of carbonyl (C=O) groups is 2. The van der Waals surface area contributed by atoms with Gasteiger partial charge < -0.3 is 10.1 Å². The first kappa shape index (κ1) is 19.0. The lowest BCUT2D eigenvalue weighted by Gasteiger charge is -2.15. The molecule has 1 N–H and O–H groups in total. The SMILES string of the molecule is Cc1nn(-c2ccc(C(=O)O[C@H](C)C(=O)NC(C)C)cc2)c(C)c1Cl. The number of amides is 1. The highest BCUT2D eigenvalue weighted by atomic mass is 35.5. The van der Waals surface area contributed by atoms with Crippen molar-refractivity contribution in [1.29, 1.82) is 0 Å². The van der Waals surface area contributed by atoms with Gasteiger partial charge in [0, 0.05) is 6.04 Å². The van der Waals surface area contributed by atoms with E-state index in [1.54, 1.807) is 35.9 Å². The summed E-state index contributed by atoms with van der Waals surface area (Å²) in [5.74, 6) is -0.874. The van der Waals surface area contributed by atoms with Gasteiger partial charge in [0.2, 0.25) is 0 Å². The van der Waals surface area contributed by atoms with Crippen molar-refractivity contribution in [2.24, 2.45) is 0 Å². The zero-order chi connectivity index (χ0) is 18.7. The second-order valence-corrected chi connectivity index (χ2v) is 6.53. The lowest BCUT2D eigenvalue weighted by Crippen LogP contribution is -2.39. The predicted molar refractivity (Wildman–Crippen MR) is 96.2 cm³/mol. The van der Waals surface area contributed by atoms with Gasteiger partial charge in [-0.3, -0.25) is 4.79 Å². The fraction of sp³-hybridized carbons (Fsp3) is 0.389. The van der Waals surface area contributed by atoms with Crippen LogP contribution in [-0.2, 0) is 9.53 Å². The van der Waals surface area contributed by atoms with Gasteiger partial charge in [0.1, 0.15) is 0 Å². The molecular weight excluding hydrogens is 342 g/mol. The molecule has 7 heteroatoms. The fourth-order valence-corrected chi connectivity index (χ4v) is 2.42. The highest BCUT2D eigenvalue weighted by Gasteiger charge is 2.19. The van der Waals surface area contributed by atoms with E-state index in [-0.39, 0.29) is 11.9 Å². The Balaban J connectivity index is 2.10. The Hall–Kier alpha value is -2.34. The number of rotatable bonds is 5. The molecule has 2 rings (SSSR count). The molecule has 0 radical (unpaired) electrons. The summed E-state index contributed by atoms with van der Waals surface area (Å²) >= 11 is 6.16. The van der Waals surface area contributed by atoms with Crippen LogP contribution in [0.4, 0.5) is 0 Å². The number of aromatic nitrogens is 2. The van der Waals surface area contributed by atoms with E-state index in [0.717, 1.165) is 17.1 Å². The normalized spacial score (nSPS) is 12.1. The van der Waals surface area contributed by atoms with Gasteiger partial charge in [0.25, 0.3) is 5.91 Å². The fourth-order valence-electron chi connectivity index (χ4n) is 2.30. The van der Waals surface area contributed by atoms with Crippen molar-refractivity contribution in [3.05, 3.63) is 46.2 Å². The van der Waals surface area contributed by atoms with E-state index in [0.29, 0.717) is 10.6 Å². The van der Waals surface area contributed by atoms with Gasteiger partial charge in [0.15, 0.2) is 6.10 Å². The summed E-state index contributed by atoms with van der Waals surface area (Å²) in [6, 6.07) is 6.76. The lowest BCUT2D eigenvalue weighted by atomic mass is 10.2. The quantitative estimate of drug-likeness (QED) is 0.828. The number of ether oxygens (including phenoxy) is 1. The molecule has 2 aromatic rings. The smallest absolute Gasteiger partial charge is 0.338 e. The summed E-state index contributed by atoms with van der Waals surface area (Å²) in [5, 5.41) is 7.69. The number of hydrogen-bond donors (Lipinski definition) is 1. The molecule has 0 aliphatic rings. The zero-order valence-corrected chi connectivity index (χ0v) is 15.7. The first-order chi connectivity index (χ1) is 11.7. The Labute approximate surface area is 152 Å². The van der Waals surface area contributed by atoms with Gasteiger partial charge in [-0.15, -0.1) is 0 Å². The van der Waals surface area contributed by atoms with E-state index in [2.05, 4.69) is 10.4 Å². The molecule has 0 saturated carbocycles. The van der Waals surface area contributed by atoms with Crippen molar-refractivity contribution in [2.75, 3.05) is 0 Å². The molecule has 25 heavy (non-hydrogen) atoms. The van der Waals surface area contributed by atoms with E-state index < -0.39 is 12.1 Å². The van der Waals surface area contributed by atoms with E-state index in [9.17, 15) is 9.59 Å². The third kappa shape index (κ3) is 4.39. The summed E-state index contributed by atoms with van der Waals surface area (Å²) in [6.45, 7) is 8.94. The Morgan fingerprint density at radius 3 is 2.24 bits per heavy atom. The summed E-state index contributed by atoms with van der Waals surface area (Å²) < 4.78 is 6.91. The Morgan fingerprint density at radius 2 is 1.76 bits per heavy atom. The van der Waals surface area contributed by atoms with Crippen LogP contribution in [0.5, 0.6) is 0 Å². The number of hydrogen-bond acceptors (Lipinski definition) is 4. The number of benzene rings is 1. The standard InChI is InChI=1S/C18H22ClN3O3/c1-10(2)20-17(23)13(5)25-18(24)14-6-8-15(9-7-14)22-12(4)16(19)11(3)21-22/h6-10,13H,1-5H3,(H,20,23)/t13-/m1/s1. The monoisotopic (exact) mass is 363 g/mol. The summed E-state index contributed by atoms with van der Waals surface area (Å²) in [5.41, 5.74) is 2.72. The topological polar surface area (TPSA) is 73.2 Å². The minimum Gasteiger partial charge on any atom is -0.449 e. The molecule has 0 aliphatic carbocycles. The van der Waals surface area contributed by atoms with Crippen molar-refractivity contribution in [3.63, 3.8) is 0 Å². The van der Waals surface area contributed by atoms with Gasteiger partial charge in [0.05, 0.1) is 27.7 Å². The second kappa shape index (κ2) is 7.70. The molecule has 1 aromatic carbocycles. The van der Waals surface area contributed by atoms with Crippen molar-refractivity contribution in [3.8, 4) is 5.69 Å². The second-order valence-electron chi connectivity index (χ2n) is 6.15. The van der Waals surface area contributed by atoms with Crippen molar-refractivity contribution in [2.45, 2.75) is 46.8 Å². The molecule has 0 fully saturated rings. The zero-order valence-electron chi connectivity index (χ0n) is 15.0. The first-order valence-electron chi connectivity index (χ1n) is 8.04. The predicted octanol–water partition coefficient (Wildman–Crippen LogP) is 3.21. The highest BCUT2D eigenvalue weighted by Crippen LogP contribution is 2.22. The van der Waals surface area contributed by atoms with E-state index in [4.69, 9.17) is 16.3 Å². The molecule has 134 valence electrons. The molecule has 0 saturated heterocycles.